The van der Waals surface area contributed by atoms with Crippen molar-refractivity contribution in [3.05, 3.63) is 108 Å². The van der Waals surface area contributed by atoms with E-state index in [1.54, 1.807) is 42.6 Å². The molecule has 1 aromatic heterocycles. The van der Waals surface area contributed by atoms with Crippen LogP contribution in [-0.2, 0) is 6.54 Å². The standard InChI is InChI=1S/C24H20N4O2/c25-22(26)18-10-12-21(13-11-18)30-24(29)20-8-6-17(7-9-20)16-28-15-14-27-23(28)19-4-2-1-3-5-19/h1-15H,16H2,(H3,25,26). The molecule has 0 aliphatic rings. The quantitative estimate of drug-likeness (QED) is 0.222. The summed E-state index contributed by atoms with van der Waals surface area (Å²) >= 11 is 0. The summed E-state index contributed by atoms with van der Waals surface area (Å²) in [5, 5.41) is 7.40. The van der Waals surface area contributed by atoms with Crippen LogP contribution >= 0.6 is 0 Å². The van der Waals surface area contributed by atoms with Crippen molar-refractivity contribution < 1.29 is 9.53 Å². The van der Waals surface area contributed by atoms with E-state index in [9.17, 15) is 4.79 Å². The number of hydrogen-bond acceptors (Lipinski definition) is 4. The number of aromatic nitrogens is 2. The Labute approximate surface area is 174 Å². The van der Waals surface area contributed by atoms with Gasteiger partial charge in [0.25, 0.3) is 0 Å². The summed E-state index contributed by atoms with van der Waals surface area (Å²) in [4.78, 5) is 16.9. The van der Waals surface area contributed by atoms with Gasteiger partial charge in [-0.2, -0.15) is 0 Å². The fourth-order valence-electron chi connectivity index (χ4n) is 3.10. The molecule has 0 bridgehead atoms. The van der Waals surface area contributed by atoms with Crippen molar-refractivity contribution in [2.75, 3.05) is 0 Å². The number of nitrogen functional groups attached to an aromatic ring is 1. The predicted octanol–water partition coefficient (Wildman–Crippen LogP) is 4.10. The van der Waals surface area contributed by atoms with Gasteiger partial charge in [-0.15, -0.1) is 0 Å². The van der Waals surface area contributed by atoms with E-state index < -0.39 is 5.97 Å². The van der Waals surface area contributed by atoms with Crippen molar-refractivity contribution in [3.63, 3.8) is 0 Å². The summed E-state index contributed by atoms with van der Waals surface area (Å²) in [6.07, 6.45) is 3.72. The second-order valence-corrected chi connectivity index (χ2v) is 6.77. The van der Waals surface area contributed by atoms with E-state index in [1.165, 1.54) is 0 Å². The van der Waals surface area contributed by atoms with Crippen LogP contribution in [0.3, 0.4) is 0 Å². The Kier molecular flexibility index (Phi) is 5.39. The monoisotopic (exact) mass is 396 g/mol. The molecule has 6 heteroatoms. The molecule has 0 amide bonds. The van der Waals surface area contributed by atoms with Crippen LogP contribution in [0, 0.1) is 5.41 Å². The summed E-state index contributed by atoms with van der Waals surface area (Å²) in [7, 11) is 0. The number of carbonyl (C=O) groups excluding carboxylic acids is 1. The predicted molar refractivity (Wildman–Crippen MR) is 116 cm³/mol. The molecule has 0 fully saturated rings. The Hall–Kier alpha value is -4.19. The second kappa shape index (κ2) is 8.45. The number of rotatable bonds is 6. The Morgan fingerprint density at radius 2 is 1.60 bits per heavy atom. The average molecular weight is 396 g/mol. The number of nitrogens with two attached hydrogens (primary N) is 1. The Morgan fingerprint density at radius 3 is 2.27 bits per heavy atom. The summed E-state index contributed by atoms with van der Waals surface area (Å²) in [5.74, 6) is 0.828. The first-order chi connectivity index (χ1) is 14.6. The van der Waals surface area contributed by atoms with Gasteiger partial charge in [-0.25, -0.2) is 9.78 Å². The third-order valence-electron chi connectivity index (χ3n) is 4.67. The van der Waals surface area contributed by atoms with Crippen LogP contribution in [0.25, 0.3) is 11.4 Å². The van der Waals surface area contributed by atoms with Gasteiger partial charge < -0.3 is 15.0 Å². The topological polar surface area (TPSA) is 94.0 Å². The van der Waals surface area contributed by atoms with Gasteiger partial charge in [0.05, 0.1) is 5.56 Å². The van der Waals surface area contributed by atoms with Gasteiger partial charge in [0, 0.05) is 30.1 Å². The number of nitrogens with zero attached hydrogens (tertiary/aromatic N) is 2. The minimum atomic E-state index is -0.440. The molecule has 3 aromatic carbocycles. The number of carbonyl (C=O) groups is 1. The third-order valence-corrected chi connectivity index (χ3v) is 4.67. The smallest absolute Gasteiger partial charge is 0.343 e. The largest absolute Gasteiger partial charge is 0.423 e. The number of amidine groups is 1. The van der Waals surface area contributed by atoms with Crippen molar-refractivity contribution in [3.8, 4) is 17.1 Å². The molecular formula is C24H20N4O2. The summed E-state index contributed by atoms with van der Waals surface area (Å²) in [6.45, 7) is 0.645. The maximum atomic E-state index is 12.4. The molecule has 4 rings (SSSR count). The molecule has 0 saturated heterocycles. The second-order valence-electron chi connectivity index (χ2n) is 6.77. The van der Waals surface area contributed by atoms with E-state index in [0.717, 1.165) is 17.0 Å². The molecule has 4 aromatic rings. The van der Waals surface area contributed by atoms with Crippen LogP contribution in [0.2, 0.25) is 0 Å². The van der Waals surface area contributed by atoms with Crippen LogP contribution in [0.4, 0.5) is 0 Å². The first kappa shape index (κ1) is 19.1. The minimum Gasteiger partial charge on any atom is -0.423 e. The third kappa shape index (κ3) is 4.28. The van der Waals surface area contributed by atoms with Crippen molar-refractivity contribution in [2.24, 2.45) is 5.73 Å². The van der Waals surface area contributed by atoms with E-state index in [0.29, 0.717) is 23.4 Å². The zero-order valence-electron chi connectivity index (χ0n) is 16.2. The fraction of sp³-hybridized carbons (Fsp3) is 0.0417. The molecule has 0 aliphatic heterocycles. The first-order valence-electron chi connectivity index (χ1n) is 9.42. The lowest BCUT2D eigenvalue weighted by molar-refractivity contribution is 0.0734. The molecular weight excluding hydrogens is 376 g/mol. The van der Waals surface area contributed by atoms with E-state index in [4.69, 9.17) is 15.9 Å². The van der Waals surface area contributed by atoms with Gasteiger partial charge in [0.15, 0.2) is 0 Å². The zero-order valence-corrected chi connectivity index (χ0v) is 16.2. The molecule has 3 N–H and O–H groups in total. The number of nitrogens with one attached hydrogen (secondary N) is 1. The Balaban J connectivity index is 1.44. The van der Waals surface area contributed by atoms with E-state index in [1.807, 2.05) is 48.7 Å². The molecule has 1 heterocycles. The lowest BCUT2D eigenvalue weighted by Crippen LogP contribution is -2.11. The van der Waals surface area contributed by atoms with Crippen molar-refractivity contribution in [1.29, 1.82) is 5.41 Å². The van der Waals surface area contributed by atoms with E-state index in [-0.39, 0.29) is 5.84 Å². The summed E-state index contributed by atoms with van der Waals surface area (Å²) in [6, 6.07) is 23.8. The lowest BCUT2D eigenvalue weighted by Gasteiger charge is -2.09. The number of benzene rings is 3. The molecule has 0 aliphatic carbocycles. The lowest BCUT2D eigenvalue weighted by atomic mass is 10.1. The normalized spacial score (nSPS) is 10.5. The molecule has 6 nitrogen and oxygen atoms in total. The average Bonchev–Trinajstić information content (AvgIpc) is 3.23. The summed E-state index contributed by atoms with van der Waals surface area (Å²) in [5.41, 5.74) is 8.57. The van der Waals surface area contributed by atoms with Crippen LogP contribution in [-0.4, -0.2) is 21.4 Å². The highest BCUT2D eigenvalue weighted by molar-refractivity contribution is 5.95. The van der Waals surface area contributed by atoms with Crippen molar-refractivity contribution in [1.82, 2.24) is 9.55 Å². The first-order valence-corrected chi connectivity index (χ1v) is 9.42. The zero-order chi connectivity index (χ0) is 20.9. The minimum absolute atomic E-state index is 0.0308. The number of esters is 1. The highest BCUT2D eigenvalue weighted by Gasteiger charge is 2.10. The van der Waals surface area contributed by atoms with E-state index in [2.05, 4.69) is 9.55 Å². The van der Waals surface area contributed by atoms with Gasteiger partial charge in [-0.3, -0.25) is 5.41 Å². The molecule has 0 radical (unpaired) electrons. The highest BCUT2D eigenvalue weighted by atomic mass is 16.5. The van der Waals surface area contributed by atoms with Gasteiger partial charge >= 0.3 is 5.97 Å². The number of ether oxygens (including phenoxy) is 1. The maximum absolute atomic E-state index is 12.4. The Bertz CT molecular complexity index is 1160. The van der Waals surface area contributed by atoms with Gasteiger partial charge in [-0.05, 0) is 42.0 Å². The highest BCUT2D eigenvalue weighted by Crippen LogP contribution is 2.19. The fourth-order valence-corrected chi connectivity index (χ4v) is 3.10. The van der Waals surface area contributed by atoms with Crippen molar-refractivity contribution in [2.45, 2.75) is 6.54 Å². The molecule has 30 heavy (non-hydrogen) atoms. The molecule has 0 atom stereocenters. The molecule has 0 spiro atoms. The van der Waals surface area contributed by atoms with Crippen LogP contribution in [0.5, 0.6) is 5.75 Å². The molecule has 0 unspecified atom stereocenters. The van der Waals surface area contributed by atoms with Crippen molar-refractivity contribution >= 4 is 11.8 Å². The Morgan fingerprint density at radius 1 is 0.933 bits per heavy atom. The van der Waals surface area contributed by atoms with Gasteiger partial charge in [0.1, 0.15) is 17.4 Å². The number of imidazole rings is 1. The van der Waals surface area contributed by atoms with Gasteiger partial charge in [-0.1, -0.05) is 42.5 Å². The molecule has 0 saturated carbocycles. The molecule has 148 valence electrons. The maximum Gasteiger partial charge on any atom is 0.343 e. The van der Waals surface area contributed by atoms with Crippen LogP contribution in [0.15, 0.2) is 91.3 Å². The van der Waals surface area contributed by atoms with Gasteiger partial charge in [0.2, 0.25) is 0 Å². The van der Waals surface area contributed by atoms with Crippen LogP contribution in [0.1, 0.15) is 21.5 Å². The van der Waals surface area contributed by atoms with E-state index >= 15 is 0 Å². The van der Waals surface area contributed by atoms with Crippen LogP contribution < -0.4 is 10.5 Å². The SMILES string of the molecule is N=C(N)c1ccc(OC(=O)c2ccc(Cn3ccnc3-c3ccccc3)cc2)cc1. The number of hydrogen-bond donors (Lipinski definition) is 2. The summed E-state index contributed by atoms with van der Waals surface area (Å²) < 4.78 is 7.46.